The average molecular weight is 297 g/mol. The number of quaternary nitrogens is 2. The molecule has 4 N–H and O–H groups in total. The van der Waals surface area contributed by atoms with Gasteiger partial charge in [-0.2, -0.15) is 0 Å². The van der Waals surface area contributed by atoms with Gasteiger partial charge in [0.05, 0.1) is 46.2 Å². The highest BCUT2D eigenvalue weighted by atomic mass is 16.6. The molecule has 1 amide bonds. The van der Waals surface area contributed by atoms with E-state index in [1.54, 1.807) is 12.1 Å². The fourth-order valence-electron chi connectivity index (χ4n) is 2.16. The SMILES string of the molecule is C[NH+](C)CC(C[NH+](C)C)C(=O)Nc1ccc([N+](=O)O)cc1. The number of carbonyl (C=O) groups is 1. The summed E-state index contributed by atoms with van der Waals surface area (Å²) in [5, 5.41) is 11.6. The second kappa shape index (κ2) is 7.70. The van der Waals surface area contributed by atoms with Crippen LogP contribution >= 0.6 is 0 Å². The van der Waals surface area contributed by atoms with Gasteiger partial charge in [-0.15, -0.1) is 0 Å². The molecule has 0 saturated carbocycles. The minimum Gasteiger partial charge on any atom is -0.339 e. The molecule has 1 aromatic carbocycles. The molecule has 7 nitrogen and oxygen atoms in total. The first-order chi connectivity index (χ1) is 9.79. The smallest absolute Gasteiger partial charge is 0.316 e. The number of hydrogen-bond donors (Lipinski definition) is 4. The summed E-state index contributed by atoms with van der Waals surface area (Å²) in [6.45, 7) is 1.50. The number of nitrogens with one attached hydrogen (secondary N) is 3. The highest BCUT2D eigenvalue weighted by molar-refractivity contribution is 5.92. The van der Waals surface area contributed by atoms with Crippen LogP contribution in [0.15, 0.2) is 24.3 Å². The van der Waals surface area contributed by atoms with Crippen molar-refractivity contribution in [1.29, 1.82) is 0 Å². The van der Waals surface area contributed by atoms with Crippen molar-refractivity contribution in [2.45, 2.75) is 0 Å². The summed E-state index contributed by atoms with van der Waals surface area (Å²) < 4.78 is 0. The van der Waals surface area contributed by atoms with E-state index in [0.29, 0.717) is 5.69 Å². The molecule has 0 heterocycles. The number of anilines is 1. The molecule has 0 aromatic heterocycles. The fraction of sp³-hybridized carbons (Fsp3) is 0.500. The lowest BCUT2D eigenvalue weighted by molar-refractivity contribution is -0.883. The lowest BCUT2D eigenvalue weighted by Crippen LogP contribution is -3.10. The number of amides is 1. The third-order valence-electron chi connectivity index (χ3n) is 3.04. The van der Waals surface area contributed by atoms with E-state index in [4.69, 9.17) is 5.21 Å². The summed E-state index contributed by atoms with van der Waals surface area (Å²) in [5.41, 5.74) is 0.734. The van der Waals surface area contributed by atoms with Crippen LogP contribution in [0.5, 0.6) is 0 Å². The monoisotopic (exact) mass is 297 g/mol. The average Bonchev–Trinajstić information content (AvgIpc) is 2.37. The summed E-state index contributed by atoms with van der Waals surface area (Å²) >= 11 is 0. The number of benzene rings is 1. The molecule has 0 aliphatic rings. The van der Waals surface area contributed by atoms with Gasteiger partial charge in [-0.05, 0) is 12.1 Å². The zero-order valence-electron chi connectivity index (χ0n) is 13.0. The first-order valence-electron chi connectivity index (χ1n) is 6.94. The first-order valence-corrected chi connectivity index (χ1v) is 6.94. The molecule has 0 aliphatic heterocycles. The van der Waals surface area contributed by atoms with Crippen molar-refractivity contribution >= 4 is 17.3 Å². The Morgan fingerprint density at radius 2 is 1.62 bits per heavy atom. The summed E-state index contributed by atoms with van der Waals surface area (Å²) in [4.78, 5) is 25.3. The second-order valence-corrected chi connectivity index (χ2v) is 5.83. The Hall–Kier alpha value is -1.99. The highest BCUT2D eigenvalue weighted by Crippen LogP contribution is 2.15. The van der Waals surface area contributed by atoms with Crippen molar-refractivity contribution in [1.82, 2.24) is 0 Å². The van der Waals surface area contributed by atoms with Crippen molar-refractivity contribution < 1.29 is 24.7 Å². The largest absolute Gasteiger partial charge is 0.339 e. The molecule has 0 aliphatic carbocycles. The van der Waals surface area contributed by atoms with Crippen molar-refractivity contribution in [2.75, 3.05) is 46.6 Å². The Morgan fingerprint density at radius 1 is 1.14 bits per heavy atom. The minimum atomic E-state index is -0.209. The molecule has 1 rings (SSSR count). The molecule has 116 valence electrons. The molecular formula is C14H25N4O3+3. The Kier molecular flexibility index (Phi) is 6.26. The van der Waals surface area contributed by atoms with Crippen LogP contribution < -0.4 is 15.1 Å². The molecule has 0 saturated heterocycles. The molecule has 1 aromatic rings. The summed E-state index contributed by atoms with van der Waals surface area (Å²) in [7, 11) is 8.07. The third kappa shape index (κ3) is 5.88. The van der Waals surface area contributed by atoms with E-state index in [1.807, 2.05) is 28.2 Å². The molecular weight excluding hydrogens is 272 g/mol. The van der Waals surface area contributed by atoms with Gasteiger partial charge in [0, 0.05) is 17.8 Å². The predicted octanol–water partition coefficient (Wildman–Crippen LogP) is -1.67. The van der Waals surface area contributed by atoms with Crippen LogP contribution in [-0.2, 0) is 4.79 Å². The maximum Gasteiger partial charge on any atom is 0.316 e. The Labute approximate surface area is 124 Å². The standard InChI is InChI=1S/C14H22N4O3/c1-16(2)9-11(10-17(3)4)14(19)15-12-5-7-13(8-6-12)18(20)21/h5-8,11H,9-10H2,1-4H3,(H-,15,19,20,21)/p+3. The normalized spacial score (nSPS) is 11.2. The number of carbonyl (C=O) groups excluding carboxylic acids is 1. The van der Waals surface area contributed by atoms with Crippen LogP contribution in [0.25, 0.3) is 0 Å². The van der Waals surface area contributed by atoms with Crippen LogP contribution in [-0.4, -0.2) is 57.3 Å². The van der Waals surface area contributed by atoms with Crippen LogP contribution in [0.1, 0.15) is 0 Å². The third-order valence-corrected chi connectivity index (χ3v) is 3.04. The minimum absolute atomic E-state index is 0.0341. The topological polar surface area (TPSA) is 78.3 Å². The lowest BCUT2D eigenvalue weighted by Gasteiger charge is -2.20. The maximum atomic E-state index is 12.3. The quantitative estimate of drug-likeness (QED) is 0.455. The maximum absolute atomic E-state index is 12.3. The number of rotatable bonds is 7. The molecule has 0 spiro atoms. The van der Waals surface area contributed by atoms with Gasteiger partial charge in [0.2, 0.25) is 5.91 Å². The van der Waals surface area contributed by atoms with Crippen molar-refractivity contribution in [3.05, 3.63) is 29.2 Å². The Morgan fingerprint density at radius 3 is 2.00 bits per heavy atom. The molecule has 0 bridgehead atoms. The van der Waals surface area contributed by atoms with E-state index in [9.17, 15) is 9.70 Å². The van der Waals surface area contributed by atoms with Gasteiger partial charge in [0.25, 0.3) is 4.92 Å². The van der Waals surface area contributed by atoms with Crippen molar-refractivity contribution in [2.24, 2.45) is 5.92 Å². The molecule has 0 atom stereocenters. The summed E-state index contributed by atoms with van der Waals surface area (Å²) in [6, 6.07) is 6.09. The van der Waals surface area contributed by atoms with E-state index >= 15 is 0 Å². The molecule has 21 heavy (non-hydrogen) atoms. The number of hydrogen-bond acceptors (Lipinski definition) is 2. The predicted molar refractivity (Wildman–Crippen MR) is 79.0 cm³/mol. The zero-order chi connectivity index (χ0) is 16.0. The van der Waals surface area contributed by atoms with Crippen LogP contribution in [0.2, 0.25) is 0 Å². The van der Waals surface area contributed by atoms with Crippen LogP contribution in [0.3, 0.4) is 0 Å². The summed E-state index contributed by atoms with van der Waals surface area (Å²) in [5.74, 6) is -0.123. The zero-order valence-corrected chi connectivity index (χ0v) is 13.0. The van der Waals surface area contributed by atoms with Gasteiger partial charge in [-0.25, -0.2) is 5.21 Å². The van der Waals surface area contributed by atoms with Crippen molar-refractivity contribution in [3.8, 4) is 0 Å². The van der Waals surface area contributed by atoms with Gasteiger partial charge in [-0.3, -0.25) is 4.79 Å². The van der Waals surface area contributed by atoms with Gasteiger partial charge in [-0.1, -0.05) is 0 Å². The Bertz CT molecular complexity index is 475. The van der Waals surface area contributed by atoms with E-state index in [-0.39, 0.29) is 22.4 Å². The van der Waals surface area contributed by atoms with Crippen LogP contribution in [0.4, 0.5) is 11.4 Å². The van der Waals surface area contributed by atoms with Gasteiger partial charge in [0.1, 0.15) is 5.92 Å². The van der Waals surface area contributed by atoms with E-state index < -0.39 is 0 Å². The molecule has 0 radical (unpaired) electrons. The second-order valence-electron chi connectivity index (χ2n) is 5.83. The van der Waals surface area contributed by atoms with Gasteiger partial charge >= 0.3 is 5.69 Å². The Balaban J connectivity index is 2.73. The van der Waals surface area contributed by atoms with Gasteiger partial charge in [0.15, 0.2) is 0 Å². The summed E-state index contributed by atoms with van der Waals surface area (Å²) in [6.07, 6.45) is 0. The molecule has 0 fully saturated rings. The van der Waals surface area contributed by atoms with E-state index in [2.05, 4.69) is 5.32 Å². The first kappa shape index (κ1) is 17.1. The van der Waals surface area contributed by atoms with Crippen molar-refractivity contribution in [3.63, 3.8) is 0 Å². The van der Waals surface area contributed by atoms with Crippen LogP contribution in [0, 0.1) is 10.8 Å². The molecule has 0 unspecified atom stereocenters. The molecule has 7 heteroatoms. The lowest BCUT2D eigenvalue weighted by atomic mass is 10.1. The van der Waals surface area contributed by atoms with E-state index in [0.717, 1.165) is 13.1 Å². The highest BCUT2D eigenvalue weighted by Gasteiger charge is 2.24. The number of nitrogens with zero attached hydrogens (tertiary/aromatic N) is 1. The van der Waals surface area contributed by atoms with Gasteiger partial charge < -0.3 is 15.1 Å². The fourth-order valence-corrected chi connectivity index (χ4v) is 2.16. The van der Waals surface area contributed by atoms with E-state index in [1.165, 1.54) is 21.9 Å².